The lowest BCUT2D eigenvalue weighted by Gasteiger charge is -2.03. The zero-order chi connectivity index (χ0) is 10.4. The van der Waals surface area contributed by atoms with E-state index >= 15 is 0 Å². The molecule has 0 fully saturated rings. The highest BCUT2D eigenvalue weighted by atomic mass is 35.5. The zero-order valence-corrected chi connectivity index (χ0v) is 9.44. The van der Waals surface area contributed by atoms with Gasteiger partial charge in [-0.15, -0.1) is 0 Å². The van der Waals surface area contributed by atoms with Crippen LogP contribution in [0.25, 0.3) is 0 Å². The van der Waals surface area contributed by atoms with E-state index in [1.54, 1.807) is 12.3 Å². The lowest BCUT2D eigenvalue weighted by molar-refractivity contribution is 0.685. The van der Waals surface area contributed by atoms with Crippen molar-refractivity contribution in [3.05, 3.63) is 17.5 Å². The molecule has 78 valence electrons. The second kappa shape index (κ2) is 5.93. The quantitative estimate of drug-likeness (QED) is 0.616. The van der Waals surface area contributed by atoms with E-state index in [1.807, 2.05) is 0 Å². The van der Waals surface area contributed by atoms with Crippen LogP contribution in [0, 0.1) is 0 Å². The molecular weight excluding hydrogens is 222 g/mol. The van der Waals surface area contributed by atoms with Crippen LogP contribution in [0.4, 0.5) is 5.82 Å². The number of rotatable bonds is 5. The van der Waals surface area contributed by atoms with Gasteiger partial charge in [0, 0.05) is 35.4 Å². The summed E-state index contributed by atoms with van der Waals surface area (Å²) < 4.78 is 10.7. The van der Waals surface area contributed by atoms with Gasteiger partial charge in [-0.05, 0) is 6.42 Å². The van der Waals surface area contributed by atoms with Gasteiger partial charge in [-0.3, -0.25) is 4.21 Å². The van der Waals surface area contributed by atoms with Gasteiger partial charge in [0.2, 0.25) is 0 Å². The smallest absolute Gasteiger partial charge is 0.134 e. The third kappa shape index (κ3) is 4.53. The third-order valence-corrected chi connectivity index (χ3v) is 2.62. The SMILES string of the molecule is CS(=O)CCCNc1cc(Cl)ncn1. The molecule has 14 heavy (non-hydrogen) atoms. The molecule has 1 unspecified atom stereocenters. The highest BCUT2D eigenvalue weighted by molar-refractivity contribution is 7.84. The Bertz CT molecular complexity index is 321. The maximum absolute atomic E-state index is 10.7. The molecule has 0 bridgehead atoms. The minimum absolute atomic E-state index is 0.418. The topological polar surface area (TPSA) is 54.9 Å². The van der Waals surface area contributed by atoms with Crippen LogP contribution in [0.1, 0.15) is 6.42 Å². The average molecular weight is 234 g/mol. The summed E-state index contributed by atoms with van der Waals surface area (Å²) in [6.45, 7) is 0.743. The molecule has 0 radical (unpaired) electrons. The van der Waals surface area contributed by atoms with E-state index in [0.717, 1.165) is 13.0 Å². The summed E-state index contributed by atoms with van der Waals surface area (Å²) in [4.78, 5) is 7.74. The normalized spacial score (nSPS) is 12.4. The monoisotopic (exact) mass is 233 g/mol. The van der Waals surface area contributed by atoms with Gasteiger partial charge in [0.25, 0.3) is 0 Å². The largest absolute Gasteiger partial charge is 0.370 e. The van der Waals surface area contributed by atoms with Crippen molar-refractivity contribution in [3.8, 4) is 0 Å². The fourth-order valence-corrected chi connectivity index (χ4v) is 1.62. The summed E-state index contributed by atoms with van der Waals surface area (Å²) in [5, 5.41) is 3.49. The molecule has 0 aromatic carbocycles. The van der Waals surface area contributed by atoms with Gasteiger partial charge >= 0.3 is 0 Å². The first-order valence-electron chi connectivity index (χ1n) is 4.20. The highest BCUT2D eigenvalue weighted by Crippen LogP contribution is 2.07. The van der Waals surface area contributed by atoms with Gasteiger partial charge in [0.15, 0.2) is 0 Å². The number of hydrogen-bond donors (Lipinski definition) is 1. The van der Waals surface area contributed by atoms with Gasteiger partial charge in [-0.2, -0.15) is 0 Å². The lowest BCUT2D eigenvalue weighted by atomic mass is 10.4. The molecule has 0 saturated heterocycles. The summed E-state index contributed by atoms with van der Waals surface area (Å²) in [5.41, 5.74) is 0. The van der Waals surface area contributed by atoms with Crippen LogP contribution >= 0.6 is 11.6 Å². The van der Waals surface area contributed by atoms with Gasteiger partial charge in [0.1, 0.15) is 17.3 Å². The second-order valence-electron chi connectivity index (χ2n) is 2.78. The summed E-state index contributed by atoms with van der Waals surface area (Å²) in [6, 6.07) is 1.66. The van der Waals surface area contributed by atoms with E-state index in [2.05, 4.69) is 15.3 Å². The Kier molecular flexibility index (Phi) is 4.82. The van der Waals surface area contributed by atoms with Crippen LogP contribution in [0.15, 0.2) is 12.4 Å². The zero-order valence-electron chi connectivity index (χ0n) is 7.86. The van der Waals surface area contributed by atoms with Gasteiger partial charge in [0.05, 0.1) is 0 Å². The Morgan fingerprint density at radius 3 is 3.00 bits per heavy atom. The van der Waals surface area contributed by atoms with Crippen molar-refractivity contribution in [1.29, 1.82) is 0 Å². The molecule has 4 nitrogen and oxygen atoms in total. The Labute approximate surface area is 90.6 Å². The van der Waals surface area contributed by atoms with Crippen molar-refractivity contribution in [3.63, 3.8) is 0 Å². The number of aromatic nitrogens is 2. The first-order chi connectivity index (χ1) is 6.68. The average Bonchev–Trinajstić information content (AvgIpc) is 2.12. The van der Waals surface area contributed by atoms with Crippen LogP contribution in [-0.2, 0) is 10.8 Å². The lowest BCUT2D eigenvalue weighted by Crippen LogP contribution is -2.07. The number of hydrogen-bond acceptors (Lipinski definition) is 4. The molecule has 0 aliphatic carbocycles. The van der Waals surface area contributed by atoms with Crippen LogP contribution in [0.5, 0.6) is 0 Å². The summed E-state index contributed by atoms with van der Waals surface area (Å²) in [6.07, 6.45) is 3.95. The fourth-order valence-electron chi connectivity index (χ4n) is 0.922. The molecule has 1 aromatic heterocycles. The molecule has 1 rings (SSSR count). The number of anilines is 1. The molecule has 6 heteroatoms. The van der Waals surface area contributed by atoms with Crippen LogP contribution in [0.3, 0.4) is 0 Å². The molecule has 1 heterocycles. The third-order valence-electron chi connectivity index (χ3n) is 1.55. The Morgan fingerprint density at radius 1 is 1.57 bits per heavy atom. The second-order valence-corrected chi connectivity index (χ2v) is 4.73. The number of halogens is 1. The summed E-state index contributed by atoms with van der Waals surface area (Å²) >= 11 is 5.67. The predicted octanol–water partition coefficient (Wildman–Crippen LogP) is 1.31. The summed E-state index contributed by atoms with van der Waals surface area (Å²) in [5.74, 6) is 1.40. The molecule has 0 aliphatic rings. The maximum Gasteiger partial charge on any atom is 0.134 e. The van der Waals surface area contributed by atoms with Crippen LogP contribution in [-0.4, -0.2) is 32.7 Å². The standard InChI is InChI=1S/C8H12ClN3OS/c1-14(13)4-2-3-10-8-5-7(9)11-6-12-8/h5-6H,2-4H2,1H3,(H,10,11,12). The minimum atomic E-state index is -0.727. The van der Waals surface area contributed by atoms with Crippen molar-refractivity contribution in [2.75, 3.05) is 23.9 Å². The Hall–Kier alpha value is -0.680. The molecule has 0 aliphatic heterocycles. The molecule has 0 amide bonds. The van der Waals surface area contributed by atoms with E-state index < -0.39 is 10.8 Å². The summed E-state index contributed by atoms with van der Waals surface area (Å²) in [7, 11) is -0.727. The Balaban J connectivity index is 2.28. The van der Waals surface area contributed by atoms with E-state index in [0.29, 0.717) is 16.7 Å². The van der Waals surface area contributed by atoms with Crippen molar-refractivity contribution in [2.24, 2.45) is 0 Å². The van der Waals surface area contributed by atoms with E-state index in [9.17, 15) is 4.21 Å². The van der Waals surface area contributed by atoms with Gasteiger partial charge in [-0.1, -0.05) is 11.6 Å². The minimum Gasteiger partial charge on any atom is -0.370 e. The van der Waals surface area contributed by atoms with Crippen LogP contribution < -0.4 is 5.32 Å². The Morgan fingerprint density at radius 2 is 2.36 bits per heavy atom. The molecule has 1 N–H and O–H groups in total. The van der Waals surface area contributed by atoms with Crippen molar-refractivity contribution < 1.29 is 4.21 Å². The molecule has 1 aromatic rings. The van der Waals surface area contributed by atoms with Crippen molar-refractivity contribution in [2.45, 2.75) is 6.42 Å². The van der Waals surface area contributed by atoms with Crippen molar-refractivity contribution >= 4 is 28.2 Å². The first-order valence-corrected chi connectivity index (χ1v) is 6.30. The maximum atomic E-state index is 10.7. The van der Waals surface area contributed by atoms with Crippen molar-refractivity contribution in [1.82, 2.24) is 9.97 Å². The first kappa shape index (κ1) is 11.4. The highest BCUT2D eigenvalue weighted by Gasteiger charge is 1.96. The van der Waals surface area contributed by atoms with E-state index in [1.165, 1.54) is 6.33 Å². The fraction of sp³-hybridized carbons (Fsp3) is 0.500. The predicted molar refractivity (Wildman–Crippen MR) is 59.1 cm³/mol. The number of nitrogens with zero attached hydrogens (tertiary/aromatic N) is 2. The van der Waals surface area contributed by atoms with E-state index in [4.69, 9.17) is 11.6 Å². The van der Waals surface area contributed by atoms with Gasteiger partial charge < -0.3 is 5.32 Å². The van der Waals surface area contributed by atoms with Crippen LogP contribution in [0.2, 0.25) is 5.15 Å². The number of nitrogens with one attached hydrogen (secondary N) is 1. The molecule has 0 saturated carbocycles. The van der Waals surface area contributed by atoms with E-state index in [-0.39, 0.29) is 0 Å². The van der Waals surface area contributed by atoms with Gasteiger partial charge in [-0.25, -0.2) is 9.97 Å². The molecular formula is C8H12ClN3OS. The molecule has 1 atom stereocenters. The molecule has 0 spiro atoms.